The van der Waals surface area contributed by atoms with Gasteiger partial charge in [0.25, 0.3) is 5.91 Å². The van der Waals surface area contributed by atoms with Gasteiger partial charge in [0.05, 0.1) is 23.4 Å². The number of aliphatic hydroxyl groups is 1. The van der Waals surface area contributed by atoms with Crippen molar-refractivity contribution in [1.29, 1.82) is 0 Å². The SMILES string of the molecule is CC(O)C#Cc1cc2c(cc1F)OCCn1c-2nc(C(N)=O)c1C1CC1. The van der Waals surface area contributed by atoms with E-state index in [0.29, 0.717) is 30.3 Å². The van der Waals surface area contributed by atoms with Crippen LogP contribution in [0.5, 0.6) is 5.75 Å². The highest BCUT2D eigenvalue weighted by Gasteiger charge is 2.35. The zero-order valence-corrected chi connectivity index (χ0v) is 14.3. The monoisotopic (exact) mass is 355 g/mol. The third-order valence-corrected chi connectivity index (χ3v) is 4.50. The number of aromatic nitrogens is 2. The minimum absolute atomic E-state index is 0.137. The molecule has 0 spiro atoms. The summed E-state index contributed by atoms with van der Waals surface area (Å²) in [5, 5.41) is 9.33. The molecule has 1 aromatic heterocycles. The lowest BCUT2D eigenvalue weighted by Gasteiger charge is -2.08. The average molecular weight is 355 g/mol. The maximum Gasteiger partial charge on any atom is 0.269 e. The molecule has 134 valence electrons. The molecule has 1 aliphatic carbocycles. The number of halogens is 1. The first kappa shape index (κ1) is 16.6. The summed E-state index contributed by atoms with van der Waals surface area (Å²) in [6, 6.07) is 2.82. The quantitative estimate of drug-likeness (QED) is 0.804. The first-order chi connectivity index (χ1) is 12.5. The molecule has 4 rings (SSSR count). The van der Waals surface area contributed by atoms with Crippen LogP contribution in [0, 0.1) is 17.7 Å². The molecule has 2 aromatic rings. The molecule has 1 unspecified atom stereocenters. The number of nitrogens with zero attached hydrogens (tertiary/aromatic N) is 2. The summed E-state index contributed by atoms with van der Waals surface area (Å²) in [4.78, 5) is 16.3. The number of primary amides is 1. The van der Waals surface area contributed by atoms with Crippen LogP contribution in [0.25, 0.3) is 11.4 Å². The van der Waals surface area contributed by atoms with E-state index in [1.807, 2.05) is 4.57 Å². The Morgan fingerprint density at radius 2 is 2.27 bits per heavy atom. The first-order valence-electron chi connectivity index (χ1n) is 8.52. The lowest BCUT2D eigenvalue weighted by molar-refractivity contribution is 0.0994. The number of hydrogen-bond acceptors (Lipinski definition) is 4. The third kappa shape index (κ3) is 2.82. The Bertz CT molecular complexity index is 965. The number of benzene rings is 1. The second-order valence-corrected chi connectivity index (χ2v) is 6.58. The zero-order valence-electron chi connectivity index (χ0n) is 14.3. The fourth-order valence-corrected chi connectivity index (χ4v) is 3.22. The van der Waals surface area contributed by atoms with Crippen LogP contribution in [0.2, 0.25) is 0 Å². The Hall–Kier alpha value is -2.85. The van der Waals surface area contributed by atoms with E-state index in [2.05, 4.69) is 16.8 Å². The molecular weight excluding hydrogens is 337 g/mol. The van der Waals surface area contributed by atoms with E-state index in [0.717, 1.165) is 18.5 Å². The molecule has 2 heterocycles. The van der Waals surface area contributed by atoms with Crippen molar-refractivity contribution in [3.63, 3.8) is 0 Å². The van der Waals surface area contributed by atoms with Crippen molar-refractivity contribution >= 4 is 5.91 Å². The van der Waals surface area contributed by atoms with E-state index in [9.17, 15) is 14.3 Å². The summed E-state index contributed by atoms with van der Waals surface area (Å²) in [7, 11) is 0. The Kier molecular flexibility index (Phi) is 3.93. The number of hydrogen-bond donors (Lipinski definition) is 2. The molecule has 1 amide bonds. The van der Waals surface area contributed by atoms with Gasteiger partial charge in [-0.05, 0) is 25.8 Å². The number of nitrogens with two attached hydrogens (primary N) is 1. The van der Waals surface area contributed by atoms with Gasteiger partial charge in [0.1, 0.15) is 35.8 Å². The van der Waals surface area contributed by atoms with Gasteiger partial charge in [-0.15, -0.1) is 0 Å². The van der Waals surface area contributed by atoms with Gasteiger partial charge in [-0.2, -0.15) is 0 Å². The Balaban J connectivity index is 1.92. The predicted molar refractivity (Wildman–Crippen MR) is 92.2 cm³/mol. The summed E-state index contributed by atoms with van der Waals surface area (Å²) in [6.07, 6.45) is 1.12. The van der Waals surface area contributed by atoms with Crippen LogP contribution in [-0.2, 0) is 6.54 Å². The van der Waals surface area contributed by atoms with Gasteiger partial charge < -0.3 is 20.1 Å². The van der Waals surface area contributed by atoms with E-state index in [-0.39, 0.29) is 17.2 Å². The Morgan fingerprint density at radius 1 is 1.50 bits per heavy atom. The van der Waals surface area contributed by atoms with Gasteiger partial charge >= 0.3 is 0 Å². The Labute approximate surface area is 149 Å². The number of rotatable bonds is 2. The van der Waals surface area contributed by atoms with Gasteiger partial charge in [-0.3, -0.25) is 4.79 Å². The molecule has 1 aliphatic heterocycles. The van der Waals surface area contributed by atoms with E-state index in [1.54, 1.807) is 6.07 Å². The van der Waals surface area contributed by atoms with Crippen molar-refractivity contribution in [2.45, 2.75) is 38.3 Å². The van der Waals surface area contributed by atoms with Crippen LogP contribution in [0.15, 0.2) is 12.1 Å². The van der Waals surface area contributed by atoms with Crippen molar-refractivity contribution < 1.29 is 19.0 Å². The molecule has 0 radical (unpaired) electrons. The molecule has 7 heteroatoms. The summed E-state index contributed by atoms with van der Waals surface area (Å²) < 4.78 is 22.0. The molecule has 0 bridgehead atoms. The molecule has 1 aromatic carbocycles. The number of carbonyl (C=O) groups excluding carboxylic acids is 1. The standard InChI is InChI=1S/C19H18FN3O3/c1-10(24)2-3-12-8-13-15(9-14(12)20)26-7-6-23-17(11-4-5-11)16(18(21)25)22-19(13)23/h8-11,24H,4-7H2,1H3,(H2,21,25). The number of carbonyl (C=O) groups is 1. The first-order valence-corrected chi connectivity index (χ1v) is 8.52. The number of aliphatic hydroxyl groups excluding tert-OH is 1. The number of imidazole rings is 1. The molecule has 6 nitrogen and oxygen atoms in total. The number of ether oxygens (including phenoxy) is 1. The molecule has 3 N–H and O–H groups in total. The normalized spacial score (nSPS) is 16.4. The second-order valence-electron chi connectivity index (χ2n) is 6.58. The maximum absolute atomic E-state index is 14.3. The molecule has 1 saturated carbocycles. The minimum atomic E-state index is -0.866. The van der Waals surface area contributed by atoms with Gasteiger partial charge in [0, 0.05) is 12.0 Å². The lowest BCUT2D eigenvalue weighted by atomic mass is 10.1. The maximum atomic E-state index is 14.3. The highest BCUT2D eigenvalue weighted by atomic mass is 19.1. The van der Waals surface area contributed by atoms with Crippen LogP contribution in [0.1, 0.15) is 47.4 Å². The van der Waals surface area contributed by atoms with Crippen molar-refractivity contribution in [2.24, 2.45) is 5.73 Å². The van der Waals surface area contributed by atoms with Gasteiger partial charge in [0.15, 0.2) is 0 Å². The molecule has 1 fully saturated rings. The van der Waals surface area contributed by atoms with Crippen molar-refractivity contribution in [3.8, 4) is 29.0 Å². The van der Waals surface area contributed by atoms with E-state index in [1.165, 1.54) is 13.0 Å². The van der Waals surface area contributed by atoms with Crippen LogP contribution >= 0.6 is 0 Å². The molecular formula is C19H18FN3O3. The molecule has 1 atom stereocenters. The second kappa shape index (κ2) is 6.15. The van der Waals surface area contributed by atoms with Gasteiger partial charge in [0.2, 0.25) is 0 Å². The predicted octanol–water partition coefficient (Wildman–Crippen LogP) is 1.79. The molecule has 26 heavy (non-hydrogen) atoms. The van der Waals surface area contributed by atoms with E-state index < -0.39 is 17.8 Å². The Morgan fingerprint density at radius 3 is 2.92 bits per heavy atom. The third-order valence-electron chi connectivity index (χ3n) is 4.50. The fraction of sp³-hybridized carbons (Fsp3) is 0.368. The summed E-state index contributed by atoms with van der Waals surface area (Å²) in [5.41, 5.74) is 7.34. The summed E-state index contributed by atoms with van der Waals surface area (Å²) >= 11 is 0. The van der Waals surface area contributed by atoms with Gasteiger partial charge in [-0.1, -0.05) is 11.8 Å². The van der Waals surface area contributed by atoms with Gasteiger partial charge in [-0.25, -0.2) is 9.37 Å². The van der Waals surface area contributed by atoms with Crippen molar-refractivity contribution in [1.82, 2.24) is 9.55 Å². The van der Waals surface area contributed by atoms with Crippen LogP contribution in [-0.4, -0.2) is 33.3 Å². The molecule has 2 aliphatic rings. The highest BCUT2D eigenvalue weighted by Crippen LogP contribution is 2.45. The largest absolute Gasteiger partial charge is 0.491 e. The summed E-state index contributed by atoms with van der Waals surface area (Å²) in [5.74, 6) is 5.24. The molecule has 0 saturated heterocycles. The van der Waals surface area contributed by atoms with Crippen LogP contribution in [0.4, 0.5) is 4.39 Å². The minimum Gasteiger partial charge on any atom is -0.491 e. The van der Waals surface area contributed by atoms with E-state index >= 15 is 0 Å². The average Bonchev–Trinajstić information content (AvgIpc) is 3.37. The van der Waals surface area contributed by atoms with Crippen LogP contribution in [0.3, 0.4) is 0 Å². The van der Waals surface area contributed by atoms with E-state index in [4.69, 9.17) is 10.5 Å². The smallest absolute Gasteiger partial charge is 0.269 e. The topological polar surface area (TPSA) is 90.4 Å². The van der Waals surface area contributed by atoms with Crippen molar-refractivity contribution in [3.05, 3.63) is 34.9 Å². The number of fused-ring (bicyclic) bond motifs is 3. The van der Waals surface area contributed by atoms with Crippen LogP contribution < -0.4 is 10.5 Å². The fourth-order valence-electron chi connectivity index (χ4n) is 3.22. The lowest BCUT2D eigenvalue weighted by Crippen LogP contribution is -2.16. The highest BCUT2D eigenvalue weighted by molar-refractivity contribution is 5.93. The van der Waals surface area contributed by atoms with Crippen molar-refractivity contribution in [2.75, 3.05) is 6.61 Å². The number of amides is 1. The zero-order chi connectivity index (χ0) is 18.4. The summed E-state index contributed by atoms with van der Waals surface area (Å²) in [6.45, 7) is 2.35.